The van der Waals surface area contributed by atoms with Crippen molar-refractivity contribution in [1.29, 1.82) is 0 Å². The topological polar surface area (TPSA) is 0 Å². The summed E-state index contributed by atoms with van der Waals surface area (Å²) in [5.74, 6) is 0. The Morgan fingerprint density at radius 3 is 0.957 bits per heavy atom. The maximum atomic E-state index is 2.51. The second kappa shape index (κ2) is 15.1. The number of hydrogen-bond donors (Lipinski definition) is 0. The fourth-order valence-electron chi connectivity index (χ4n) is 12.5. The van der Waals surface area contributed by atoms with Crippen molar-refractivity contribution in [2.24, 2.45) is 0 Å². The largest absolute Gasteiger partial charge is 0.0622 e. The minimum absolute atomic E-state index is 0.0897. The first kappa shape index (κ1) is 41.4. The standard InChI is InChI=1S/C69H54/c1-67(2)60-25-17-16-24-52(60)53-34-29-49(41-61(53)67)51-36-58(44-20-12-8-13-21-44)66(45-22-14-9-15-23-45)59(37-51)50-30-35-57-56-33-28-48(40-64(56)69(5,6)65(57)42-50)47-27-32-55-54-31-26-46(43-18-10-7-11-19-43)38-62(54)68(3,4)63(55)39-47/h7-42H,1-6H3. The molecule has 10 aromatic carbocycles. The maximum Gasteiger partial charge on any atom is 0.0159 e. The van der Waals surface area contributed by atoms with Gasteiger partial charge in [-0.05, 0) is 176 Å². The minimum Gasteiger partial charge on any atom is -0.0622 e. The predicted molar refractivity (Wildman–Crippen MR) is 292 cm³/mol. The lowest BCUT2D eigenvalue weighted by Gasteiger charge is -2.24. The van der Waals surface area contributed by atoms with E-state index in [2.05, 4.69) is 260 Å². The third-order valence-electron chi connectivity index (χ3n) is 16.3. The molecule has 0 aliphatic heterocycles. The Balaban J connectivity index is 0.919. The summed E-state index contributed by atoms with van der Waals surface area (Å²) < 4.78 is 0. The van der Waals surface area contributed by atoms with Crippen molar-refractivity contribution in [3.8, 4) is 100 Å². The van der Waals surface area contributed by atoms with E-state index in [0.29, 0.717) is 0 Å². The highest BCUT2D eigenvalue weighted by atomic mass is 14.4. The van der Waals surface area contributed by atoms with Crippen LogP contribution < -0.4 is 0 Å². The molecule has 0 saturated carbocycles. The second-order valence-electron chi connectivity index (χ2n) is 21.3. The van der Waals surface area contributed by atoms with E-state index in [1.54, 1.807) is 0 Å². The molecule has 0 heterocycles. The Morgan fingerprint density at radius 2 is 0.493 bits per heavy atom. The van der Waals surface area contributed by atoms with Crippen LogP contribution in [0.5, 0.6) is 0 Å². The summed E-state index contributed by atoms with van der Waals surface area (Å²) in [7, 11) is 0. The summed E-state index contributed by atoms with van der Waals surface area (Å²) in [6.45, 7) is 14.4. The fourth-order valence-corrected chi connectivity index (χ4v) is 12.5. The Bertz CT molecular complexity index is 3710. The van der Waals surface area contributed by atoms with Crippen molar-refractivity contribution in [3.05, 3.63) is 252 Å². The van der Waals surface area contributed by atoms with Crippen LogP contribution in [-0.2, 0) is 16.2 Å². The van der Waals surface area contributed by atoms with Crippen LogP contribution >= 0.6 is 0 Å². The molecule has 0 nitrogen and oxygen atoms in total. The van der Waals surface area contributed by atoms with Gasteiger partial charge in [-0.3, -0.25) is 0 Å². The highest BCUT2D eigenvalue weighted by Crippen LogP contribution is 2.55. The molecule has 0 spiro atoms. The quantitative estimate of drug-likeness (QED) is 0.156. The molecule has 3 aliphatic rings. The lowest BCUT2D eigenvalue weighted by atomic mass is 9.79. The van der Waals surface area contributed by atoms with Gasteiger partial charge in [0.25, 0.3) is 0 Å². The van der Waals surface area contributed by atoms with E-state index < -0.39 is 0 Å². The van der Waals surface area contributed by atoms with Gasteiger partial charge in [-0.25, -0.2) is 0 Å². The average molecular weight is 883 g/mol. The van der Waals surface area contributed by atoms with Crippen molar-refractivity contribution in [2.75, 3.05) is 0 Å². The highest BCUT2D eigenvalue weighted by Gasteiger charge is 2.39. The Morgan fingerprint density at radius 1 is 0.188 bits per heavy atom. The molecule has 0 saturated heterocycles. The molecule has 69 heavy (non-hydrogen) atoms. The van der Waals surface area contributed by atoms with E-state index in [4.69, 9.17) is 0 Å². The average Bonchev–Trinajstić information content (AvgIpc) is 3.87. The smallest absolute Gasteiger partial charge is 0.0159 e. The van der Waals surface area contributed by atoms with Crippen LogP contribution in [0.4, 0.5) is 0 Å². The zero-order valence-electron chi connectivity index (χ0n) is 40.3. The number of rotatable bonds is 6. The lowest BCUT2D eigenvalue weighted by molar-refractivity contribution is 0.660. The van der Waals surface area contributed by atoms with Crippen LogP contribution in [-0.4, -0.2) is 0 Å². The van der Waals surface area contributed by atoms with Crippen LogP contribution in [0.2, 0.25) is 0 Å². The van der Waals surface area contributed by atoms with Crippen LogP contribution in [0.1, 0.15) is 74.9 Å². The first-order valence-corrected chi connectivity index (χ1v) is 24.7. The molecular formula is C69H54. The Labute approximate surface area is 407 Å². The fraction of sp³-hybridized carbons (Fsp3) is 0.130. The third kappa shape index (κ3) is 6.28. The monoisotopic (exact) mass is 882 g/mol. The van der Waals surface area contributed by atoms with E-state index in [9.17, 15) is 0 Å². The molecule has 10 aromatic rings. The van der Waals surface area contributed by atoms with Gasteiger partial charge in [0.2, 0.25) is 0 Å². The van der Waals surface area contributed by atoms with E-state index in [1.165, 1.54) is 134 Å². The van der Waals surface area contributed by atoms with E-state index in [-0.39, 0.29) is 16.2 Å². The van der Waals surface area contributed by atoms with Crippen molar-refractivity contribution < 1.29 is 0 Å². The summed E-state index contributed by atoms with van der Waals surface area (Å²) in [6.07, 6.45) is 0. The molecule has 0 heteroatoms. The molecule has 0 aromatic heterocycles. The molecule has 0 unspecified atom stereocenters. The van der Waals surface area contributed by atoms with Crippen molar-refractivity contribution >= 4 is 0 Å². The molecule has 330 valence electrons. The van der Waals surface area contributed by atoms with Crippen LogP contribution in [0.15, 0.2) is 218 Å². The van der Waals surface area contributed by atoms with Gasteiger partial charge in [-0.15, -0.1) is 0 Å². The number of fused-ring (bicyclic) bond motifs is 9. The Kier molecular flexibility index (Phi) is 9.06. The first-order chi connectivity index (χ1) is 33.5. The summed E-state index contributed by atoms with van der Waals surface area (Å²) >= 11 is 0. The molecule has 0 fully saturated rings. The van der Waals surface area contributed by atoms with E-state index in [1.807, 2.05) is 0 Å². The highest BCUT2D eigenvalue weighted by molar-refractivity contribution is 5.99. The maximum absolute atomic E-state index is 2.51. The minimum atomic E-state index is -0.218. The molecule has 3 aliphatic carbocycles. The summed E-state index contributed by atoms with van der Waals surface area (Å²) in [6, 6.07) is 82.5. The third-order valence-corrected chi connectivity index (χ3v) is 16.3. The van der Waals surface area contributed by atoms with Gasteiger partial charge < -0.3 is 0 Å². The molecule has 0 radical (unpaired) electrons. The molecule has 0 atom stereocenters. The van der Waals surface area contributed by atoms with E-state index in [0.717, 1.165) is 0 Å². The van der Waals surface area contributed by atoms with Gasteiger partial charge in [0.15, 0.2) is 0 Å². The lowest BCUT2D eigenvalue weighted by Crippen LogP contribution is -2.15. The van der Waals surface area contributed by atoms with Crippen LogP contribution in [0, 0.1) is 0 Å². The van der Waals surface area contributed by atoms with Crippen molar-refractivity contribution in [2.45, 2.75) is 57.8 Å². The van der Waals surface area contributed by atoms with Crippen LogP contribution in [0.3, 0.4) is 0 Å². The zero-order valence-corrected chi connectivity index (χ0v) is 40.3. The van der Waals surface area contributed by atoms with Gasteiger partial charge in [-0.2, -0.15) is 0 Å². The van der Waals surface area contributed by atoms with Gasteiger partial charge >= 0.3 is 0 Å². The SMILES string of the molecule is CC1(C)c2ccccc2-c2ccc(-c3cc(-c4ccccc4)c(-c4ccccc4)c(-c4ccc5c(c4)C(C)(C)c4cc(-c6ccc7c(c6)C(C)(C)c6cc(-c8ccccc8)ccc6-7)ccc4-5)c3)cc21. The van der Waals surface area contributed by atoms with Gasteiger partial charge in [0.05, 0.1) is 0 Å². The molecule has 0 bridgehead atoms. The van der Waals surface area contributed by atoms with Gasteiger partial charge in [0, 0.05) is 16.2 Å². The van der Waals surface area contributed by atoms with Crippen molar-refractivity contribution in [1.82, 2.24) is 0 Å². The summed E-state index contributed by atoms with van der Waals surface area (Å²) in [5.41, 5.74) is 30.9. The summed E-state index contributed by atoms with van der Waals surface area (Å²) in [4.78, 5) is 0. The predicted octanol–water partition coefficient (Wildman–Crippen LogP) is 18.6. The molecule has 0 N–H and O–H groups in total. The van der Waals surface area contributed by atoms with Crippen molar-refractivity contribution in [3.63, 3.8) is 0 Å². The zero-order chi connectivity index (χ0) is 46.8. The first-order valence-electron chi connectivity index (χ1n) is 24.7. The molecule has 13 rings (SSSR count). The number of hydrogen-bond acceptors (Lipinski definition) is 0. The summed E-state index contributed by atoms with van der Waals surface area (Å²) in [5, 5.41) is 0. The Hall–Kier alpha value is -7.80. The number of benzene rings is 10. The van der Waals surface area contributed by atoms with E-state index >= 15 is 0 Å². The van der Waals surface area contributed by atoms with Gasteiger partial charge in [-0.1, -0.05) is 217 Å². The van der Waals surface area contributed by atoms with Gasteiger partial charge in [0.1, 0.15) is 0 Å². The second-order valence-corrected chi connectivity index (χ2v) is 21.3. The normalized spacial score (nSPS) is 14.9. The molecule has 0 amide bonds. The van der Waals surface area contributed by atoms with Crippen LogP contribution in [0.25, 0.3) is 100 Å². The molecular weight excluding hydrogens is 829 g/mol.